The average molecular weight is 334 g/mol. The lowest BCUT2D eigenvalue weighted by Gasteiger charge is -2.29. The Balaban J connectivity index is 2.62. The van der Waals surface area contributed by atoms with Gasteiger partial charge in [-0.1, -0.05) is 61.3 Å². The molecule has 0 spiro atoms. The number of aliphatic hydroxyl groups is 1. The van der Waals surface area contributed by atoms with Crippen molar-refractivity contribution in [2.24, 2.45) is 11.3 Å². The molecule has 1 rings (SSSR count). The van der Waals surface area contributed by atoms with Gasteiger partial charge < -0.3 is 5.11 Å². The lowest BCUT2D eigenvalue weighted by Crippen LogP contribution is -2.24. The summed E-state index contributed by atoms with van der Waals surface area (Å²) < 4.78 is 0.966. The predicted octanol–water partition coefficient (Wildman–Crippen LogP) is 5.08. The van der Waals surface area contributed by atoms with E-state index in [2.05, 4.69) is 43.6 Å². The zero-order valence-electron chi connectivity index (χ0n) is 11.5. The molecule has 0 heterocycles. The molecule has 0 aliphatic heterocycles. The van der Waals surface area contributed by atoms with Crippen LogP contribution in [0.1, 0.15) is 39.7 Å². The number of aliphatic hydroxyl groups excluding tert-OH is 1. The summed E-state index contributed by atoms with van der Waals surface area (Å²) in [5, 5.41) is 10.9. The van der Waals surface area contributed by atoms with Crippen LogP contribution in [0.3, 0.4) is 0 Å². The van der Waals surface area contributed by atoms with Crippen molar-refractivity contribution < 1.29 is 5.11 Å². The second-order valence-electron chi connectivity index (χ2n) is 6.10. The van der Waals surface area contributed by atoms with Gasteiger partial charge in [0.1, 0.15) is 0 Å². The van der Waals surface area contributed by atoms with Crippen LogP contribution in [0.25, 0.3) is 0 Å². The van der Waals surface area contributed by atoms with Gasteiger partial charge in [0.15, 0.2) is 0 Å². The van der Waals surface area contributed by atoms with Gasteiger partial charge in [-0.15, -0.1) is 0 Å². The highest BCUT2D eigenvalue weighted by molar-refractivity contribution is 9.10. The first-order valence-corrected chi connectivity index (χ1v) is 7.49. The number of hydrogen-bond donors (Lipinski definition) is 1. The molecule has 2 unspecified atom stereocenters. The molecule has 0 aliphatic carbocycles. The molecule has 0 aromatic heterocycles. The SMILES string of the molecule is CC(CC(O)Cc1ccc(Br)cc1Cl)C(C)(C)C. The quantitative estimate of drug-likeness (QED) is 0.815. The van der Waals surface area contributed by atoms with Gasteiger partial charge in [0, 0.05) is 9.50 Å². The summed E-state index contributed by atoms with van der Waals surface area (Å²) >= 11 is 9.54. The first-order valence-electron chi connectivity index (χ1n) is 6.32. The van der Waals surface area contributed by atoms with Crippen molar-refractivity contribution in [3.63, 3.8) is 0 Å². The molecule has 1 aromatic carbocycles. The van der Waals surface area contributed by atoms with Crippen LogP contribution in [0, 0.1) is 11.3 Å². The van der Waals surface area contributed by atoms with Gasteiger partial charge >= 0.3 is 0 Å². The summed E-state index contributed by atoms with van der Waals surface area (Å²) in [7, 11) is 0. The van der Waals surface area contributed by atoms with Gasteiger partial charge in [-0.3, -0.25) is 0 Å². The van der Waals surface area contributed by atoms with E-state index < -0.39 is 0 Å². The Morgan fingerprint density at radius 3 is 2.44 bits per heavy atom. The van der Waals surface area contributed by atoms with Gasteiger partial charge in [-0.2, -0.15) is 0 Å². The van der Waals surface area contributed by atoms with Crippen molar-refractivity contribution in [2.75, 3.05) is 0 Å². The van der Waals surface area contributed by atoms with E-state index in [4.69, 9.17) is 11.6 Å². The summed E-state index contributed by atoms with van der Waals surface area (Å²) in [6.45, 7) is 8.80. The van der Waals surface area contributed by atoms with Crippen molar-refractivity contribution >= 4 is 27.5 Å². The second-order valence-corrected chi connectivity index (χ2v) is 7.42. The Kier molecular flexibility index (Phi) is 5.69. The largest absolute Gasteiger partial charge is 0.393 e. The van der Waals surface area contributed by atoms with Crippen molar-refractivity contribution in [3.05, 3.63) is 33.3 Å². The third kappa shape index (κ3) is 4.91. The van der Waals surface area contributed by atoms with Crippen LogP contribution in [-0.4, -0.2) is 11.2 Å². The van der Waals surface area contributed by atoms with Gasteiger partial charge in [0.25, 0.3) is 0 Å². The standard InChI is InChI=1S/C15H22BrClO/c1-10(15(2,3)4)7-13(18)8-11-5-6-12(16)9-14(11)17/h5-6,9-10,13,18H,7-8H2,1-4H3. The maximum absolute atomic E-state index is 10.2. The molecule has 102 valence electrons. The first-order chi connectivity index (χ1) is 8.20. The van der Waals surface area contributed by atoms with Crippen molar-refractivity contribution in [1.29, 1.82) is 0 Å². The summed E-state index contributed by atoms with van der Waals surface area (Å²) in [5.74, 6) is 0.474. The maximum Gasteiger partial charge on any atom is 0.0583 e. The van der Waals surface area contributed by atoms with Crippen LogP contribution >= 0.6 is 27.5 Å². The minimum Gasteiger partial charge on any atom is -0.393 e. The Bertz CT molecular complexity index is 398. The lowest BCUT2D eigenvalue weighted by atomic mass is 9.78. The minimum absolute atomic E-state index is 0.227. The zero-order valence-corrected chi connectivity index (χ0v) is 13.8. The number of hydrogen-bond acceptors (Lipinski definition) is 1. The summed E-state index contributed by atoms with van der Waals surface area (Å²) in [6.07, 6.45) is 1.08. The summed E-state index contributed by atoms with van der Waals surface area (Å²) in [4.78, 5) is 0. The Labute approximate surface area is 124 Å². The second kappa shape index (κ2) is 6.40. The predicted molar refractivity (Wildman–Crippen MR) is 82.1 cm³/mol. The lowest BCUT2D eigenvalue weighted by molar-refractivity contribution is 0.110. The fourth-order valence-corrected chi connectivity index (χ4v) is 2.54. The van der Waals surface area contributed by atoms with Gasteiger partial charge in [-0.25, -0.2) is 0 Å². The number of rotatable bonds is 4. The van der Waals surface area contributed by atoms with E-state index in [9.17, 15) is 5.11 Å². The maximum atomic E-state index is 10.2. The molecule has 1 nitrogen and oxygen atoms in total. The zero-order chi connectivity index (χ0) is 13.9. The molecular weight excluding hydrogens is 312 g/mol. The highest BCUT2D eigenvalue weighted by atomic mass is 79.9. The molecule has 0 fully saturated rings. The molecule has 0 radical (unpaired) electrons. The van der Waals surface area contributed by atoms with E-state index in [0.29, 0.717) is 17.4 Å². The van der Waals surface area contributed by atoms with E-state index >= 15 is 0 Å². The van der Waals surface area contributed by atoms with Crippen LogP contribution in [0.2, 0.25) is 5.02 Å². The fraction of sp³-hybridized carbons (Fsp3) is 0.600. The first kappa shape index (κ1) is 16.0. The minimum atomic E-state index is -0.335. The van der Waals surface area contributed by atoms with E-state index in [1.165, 1.54) is 0 Å². The van der Waals surface area contributed by atoms with E-state index in [-0.39, 0.29) is 11.5 Å². The molecule has 0 saturated heterocycles. The monoisotopic (exact) mass is 332 g/mol. The van der Waals surface area contributed by atoms with Crippen molar-refractivity contribution in [1.82, 2.24) is 0 Å². The molecule has 0 saturated carbocycles. The van der Waals surface area contributed by atoms with E-state index in [1.54, 1.807) is 0 Å². The molecule has 3 heteroatoms. The number of halogens is 2. The van der Waals surface area contributed by atoms with Crippen LogP contribution in [0.5, 0.6) is 0 Å². The van der Waals surface area contributed by atoms with Crippen LogP contribution < -0.4 is 0 Å². The normalized spacial score (nSPS) is 15.5. The van der Waals surface area contributed by atoms with Crippen LogP contribution in [0.4, 0.5) is 0 Å². The average Bonchev–Trinajstić information content (AvgIpc) is 2.20. The van der Waals surface area contributed by atoms with Gasteiger partial charge in [-0.05, 0) is 41.9 Å². The van der Waals surface area contributed by atoms with E-state index in [0.717, 1.165) is 16.5 Å². The fourth-order valence-electron chi connectivity index (χ4n) is 1.79. The molecular formula is C15H22BrClO. The molecule has 18 heavy (non-hydrogen) atoms. The molecule has 1 N–H and O–H groups in total. The van der Waals surface area contributed by atoms with Gasteiger partial charge in [0.05, 0.1) is 6.10 Å². The van der Waals surface area contributed by atoms with Crippen molar-refractivity contribution in [3.8, 4) is 0 Å². The molecule has 2 atom stereocenters. The highest BCUT2D eigenvalue weighted by Crippen LogP contribution is 2.30. The smallest absolute Gasteiger partial charge is 0.0583 e. The van der Waals surface area contributed by atoms with E-state index in [1.807, 2.05) is 18.2 Å². The van der Waals surface area contributed by atoms with Gasteiger partial charge in [0.2, 0.25) is 0 Å². The summed E-state index contributed by atoms with van der Waals surface area (Å²) in [5.41, 5.74) is 1.23. The third-order valence-corrected chi connectivity index (χ3v) is 4.42. The Morgan fingerprint density at radius 1 is 1.33 bits per heavy atom. The molecule has 1 aromatic rings. The Hall–Kier alpha value is -0.0500. The molecule has 0 amide bonds. The van der Waals surface area contributed by atoms with Crippen LogP contribution in [0.15, 0.2) is 22.7 Å². The third-order valence-electron chi connectivity index (χ3n) is 3.57. The molecule has 0 bridgehead atoms. The Morgan fingerprint density at radius 2 is 1.94 bits per heavy atom. The topological polar surface area (TPSA) is 20.2 Å². The molecule has 0 aliphatic rings. The summed E-state index contributed by atoms with van der Waals surface area (Å²) in [6, 6.07) is 5.80. The van der Waals surface area contributed by atoms with Crippen molar-refractivity contribution in [2.45, 2.75) is 46.6 Å². The van der Waals surface area contributed by atoms with Crippen LogP contribution in [-0.2, 0) is 6.42 Å². The highest BCUT2D eigenvalue weighted by Gasteiger charge is 2.23. The number of benzene rings is 1.